The molecule has 4 rings (SSSR count). The average Bonchev–Trinajstić information content (AvgIpc) is 3.38. The Morgan fingerprint density at radius 3 is 2.29 bits per heavy atom. The third-order valence-electron chi connectivity index (χ3n) is 5.86. The van der Waals surface area contributed by atoms with Gasteiger partial charge >= 0.3 is 0 Å². The van der Waals surface area contributed by atoms with Gasteiger partial charge < -0.3 is 9.80 Å². The molecule has 2 saturated heterocycles. The Labute approximate surface area is 163 Å². The van der Waals surface area contributed by atoms with Crippen LogP contribution in [0.15, 0.2) is 30.5 Å². The molecule has 0 aliphatic carbocycles. The van der Waals surface area contributed by atoms with Crippen LogP contribution in [0.5, 0.6) is 0 Å². The SMILES string of the molecule is Cc1c(C(=O)N2CCC(C(=O)N3CCCC3)CC2)cnn1-c1ccc(F)cc1. The van der Waals surface area contributed by atoms with Crippen molar-refractivity contribution in [1.29, 1.82) is 0 Å². The van der Waals surface area contributed by atoms with E-state index < -0.39 is 0 Å². The van der Waals surface area contributed by atoms with Crippen LogP contribution in [0, 0.1) is 18.7 Å². The molecule has 0 atom stereocenters. The first kappa shape index (κ1) is 18.7. The molecule has 3 heterocycles. The predicted octanol–water partition coefficient (Wildman–Crippen LogP) is 2.79. The van der Waals surface area contributed by atoms with Crippen molar-refractivity contribution >= 4 is 11.8 Å². The van der Waals surface area contributed by atoms with Gasteiger partial charge in [-0.2, -0.15) is 5.10 Å². The number of piperidine rings is 1. The summed E-state index contributed by atoms with van der Waals surface area (Å²) in [6.45, 7) is 4.77. The van der Waals surface area contributed by atoms with Crippen LogP contribution in [0.2, 0.25) is 0 Å². The minimum Gasteiger partial charge on any atom is -0.342 e. The van der Waals surface area contributed by atoms with Gasteiger partial charge in [0.2, 0.25) is 5.91 Å². The number of nitrogens with zero attached hydrogens (tertiary/aromatic N) is 4. The lowest BCUT2D eigenvalue weighted by atomic mass is 9.95. The average molecular weight is 384 g/mol. The van der Waals surface area contributed by atoms with E-state index in [1.54, 1.807) is 23.0 Å². The summed E-state index contributed by atoms with van der Waals surface area (Å²) >= 11 is 0. The molecule has 2 amide bonds. The van der Waals surface area contributed by atoms with Crippen molar-refractivity contribution in [2.45, 2.75) is 32.6 Å². The quantitative estimate of drug-likeness (QED) is 0.818. The van der Waals surface area contributed by atoms with Gasteiger partial charge in [0.05, 0.1) is 23.1 Å². The first-order valence-corrected chi connectivity index (χ1v) is 9.93. The summed E-state index contributed by atoms with van der Waals surface area (Å²) < 4.78 is 14.8. The van der Waals surface area contributed by atoms with Gasteiger partial charge in [0, 0.05) is 32.1 Å². The Bertz CT molecular complexity index is 863. The zero-order valence-electron chi connectivity index (χ0n) is 16.1. The molecule has 2 aliphatic rings. The van der Waals surface area contributed by atoms with Crippen LogP contribution in [-0.4, -0.2) is 57.6 Å². The molecular formula is C21H25FN4O2. The van der Waals surface area contributed by atoms with E-state index in [1.807, 2.05) is 16.7 Å². The lowest BCUT2D eigenvalue weighted by Crippen LogP contribution is -2.43. The summed E-state index contributed by atoms with van der Waals surface area (Å²) in [5, 5.41) is 4.31. The lowest BCUT2D eigenvalue weighted by molar-refractivity contribution is -0.135. The van der Waals surface area contributed by atoms with Crippen LogP contribution in [-0.2, 0) is 4.79 Å². The minimum atomic E-state index is -0.309. The molecule has 0 N–H and O–H groups in total. The number of amides is 2. The largest absolute Gasteiger partial charge is 0.342 e. The predicted molar refractivity (Wildman–Crippen MR) is 103 cm³/mol. The fourth-order valence-electron chi connectivity index (χ4n) is 4.16. The molecule has 2 fully saturated rings. The summed E-state index contributed by atoms with van der Waals surface area (Å²) in [7, 11) is 0. The molecule has 0 bridgehead atoms. The zero-order valence-corrected chi connectivity index (χ0v) is 16.1. The molecule has 2 aromatic rings. The van der Waals surface area contributed by atoms with Gasteiger partial charge in [0.15, 0.2) is 0 Å². The Morgan fingerprint density at radius 1 is 1.00 bits per heavy atom. The number of aromatic nitrogens is 2. The van der Waals surface area contributed by atoms with Crippen molar-refractivity contribution in [3.8, 4) is 5.69 Å². The molecule has 28 heavy (non-hydrogen) atoms. The zero-order chi connectivity index (χ0) is 19.7. The highest BCUT2D eigenvalue weighted by Crippen LogP contribution is 2.24. The molecule has 0 spiro atoms. The highest BCUT2D eigenvalue weighted by Gasteiger charge is 2.32. The maximum atomic E-state index is 13.1. The number of likely N-dealkylation sites (tertiary alicyclic amines) is 2. The number of carbonyl (C=O) groups excluding carboxylic acids is 2. The first-order valence-electron chi connectivity index (χ1n) is 9.93. The fraction of sp³-hybridized carbons (Fsp3) is 0.476. The molecule has 7 heteroatoms. The molecule has 148 valence electrons. The van der Waals surface area contributed by atoms with E-state index in [2.05, 4.69) is 5.10 Å². The summed E-state index contributed by atoms with van der Waals surface area (Å²) in [5.41, 5.74) is 1.99. The molecule has 0 radical (unpaired) electrons. The van der Waals surface area contributed by atoms with Crippen LogP contribution >= 0.6 is 0 Å². The van der Waals surface area contributed by atoms with Crippen molar-refractivity contribution in [1.82, 2.24) is 19.6 Å². The van der Waals surface area contributed by atoms with Gasteiger partial charge in [-0.15, -0.1) is 0 Å². The number of rotatable bonds is 3. The van der Waals surface area contributed by atoms with Gasteiger partial charge in [-0.3, -0.25) is 9.59 Å². The summed E-state index contributed by atoms with van der Waals surface area (Å²) in [5.74, 6) is -0.0794. The Balaban J connectivity index is 1.41. The molecule has 2 aliphatic heterocycles. The van der Waals surface area contributed by atoms with Crippen LogP contribution in [0.1, 0.15) is 41.7 Å². The summed E-state index contributed by atoms with van der Waals surface area (Å²) in [4.78, 5) is 29.3. The molecule has 0 unspecified atom stereocenters. The highest BCUT2D eigenvalue weighted by molar-refractivity contribution is 5.95. The molecule has 1 aromatic carbocycles. The van der Waals surface area contributed by atoms with Crippen molar-refractivity contribution in [2.24, 2.45) is 5.92 Å². The topological polar surface area (TPSA) is 58.4 Å². The Kier molecular flexibility index (Phi) is 5.15. The van der Waals surface area contributed by atoms with Crippen LogP contribution < -0.4 is 0 Å². The van der Waals surface area contributed by atoms with Gasteiger partial charge in [0.1, 0.15) is 5.82 Å². The monoisotopic (exact) mass is 384 g/mol. The molecule has 6 nitrogen and oxygen atoms in total. The maximum Gasteiger partial charge on any atom is 0.257 e. The first-order chi connectivity index (χ1) is 13.5. The van der Waals surface area contributed by atoms with Gasteiger partial charge in [-0.05, 0) is 56.9 Å². The van der Waals surface area contributed by atoms with Crippen molar-refractivity contribution in [2.75, 3.05) is 26.2 Å². The third kappa shape index (κ3) is 3.53. The van der Waals surface area contributed by atoms with Crippen LogP contribution in [0.3, 0.4) is 0 Å². The molecule has 0 saturated carbocycles. The van der Waals surface area contributed by atoms with Gasteiger partial charge in [-0.1, -0.05) is 0 Å². The Hall–Kier alpha value is -2.70. The lowest BCUT2D eigenvalue weighted by Gasteiger charge is -2.33. The number of benzene rings is 1. The molecule has 1 aromatic heterocycles. The van der Waals surface area contributed by atoms with Crippen LogP contribution in [0.25, 0.3) is 5.69 Å². The van der Waals surface area contributed by atoms with Crippen molar-refractivity contribution < 1.29 is 14.0 Å². The highest BCUT2D eigenvalue weighted by atomic mass is 19.1. The van der Waals surface area contributed by atoms with E-state index in [-0.39, 0.29) is 23.5 Å². The fourth-order valence-corrected chi connectivity index (χ4v) is 4.16. The maximum absolute atomic E-state index is 13.1. The standard InChI is InChI=1S/C21H25FN4O2/c1-15-19(14-23-26(15)18-6-4-17(22)5-7-18)21(28)25-12-8-16(9-13-25)20(27)24-10-2-3-11-24/h4-7,14,16H,2-3,8-13H2,1H3. The summed E-state index contributed by atoms with van der Waals surface area (Å²) in [6.07, 6.45) is 5.20. The summed E-state index contributed by atoms with van der Waals surface area (Å²) in [6, 6.07) is 6.03. The van der Waals surface area contributed by atoms with Gasteiger partial charge in [0.25, 0.3) is 5.91 Å². The van der Waals surface area contributed by atoms with Gasteiger partial charge in [-0.25, -0.2) is 9.07 Å². The smallest absolute Gasteiger partial charge is 0.257 e. The van der Waals surface area contributed by atoms with Crippen molar-refractivity contribution in [3.05, 3.63) is 47.5 Å². The number of hydrogen-bond acceptors (Lipinski definition) is 3. The van der Waals surface area contributed by atoms with E-state index in [4.69, 9.17) is 0 Å². The molecular weight excluding hydrogens is 359 g/mol. The second-order valence-corrected chi connectivity index (χ2v) is 7.63. The third-order valence-corrected chi connectivity index (χ3v) is 5.86. The number of carbonyl (C=O) groups is 2. The van der Waals surface area contributed by atoms with E-state index in [9.17, 15) is 14.0 Å². The second kappa shape index (κ2) is 7.73. The Morgan fingerprint density at radius 2 is 1.64 bits per heavy atom. The minimum absolute atomic E-state index is 0.0326. The van der Waals surface area contributed by atoms with Crippen molar-refractivity contribution in [3.63, 3.8) is 0 Å². The normalized spacial score (nSPS) is 17.9. The number of hydrogen-bond donors (Lipinski definition) is 0. The van der Waals surface area contributed by atoms with E-state index in [0.717, 1.165) is 31.6 Å². The van der Waals surface area contributed by atoms with E-state index in [0.29, 0.717) is 37.2 Å². The van der Waals surface area contributed by atoms with E-state index in [1.165, 1.54) is 12.1 Å². The second-order valence-electron chi connectivity index (χ2n) is 7.63. The van der Waals surface area contributed by atoms with E-state index >= 15 is 0 Å². The number of halogens is 1. The van der Waals surface area contributed by atoms with Crippen LogP contribution in [0.4, 0.5) is 4.39 Å².